The minimum atomic E-state index is -3.44. The van der Waals surface area contributed by atoms with E-state index in [1.807, 2.05) is 4.90 Å². The number of carbonyl (C=O) groups is 1. The van der Waals surface area contributed by atoms with Gasteiger partial charge in [0.1, 0.15) is 0 Å². The molecule has 0 spiro atoms. The number of carbonyl (C=O) groups excluding carboxylic acids is 1. The van der Waals surface area contributed by atoms with Crippen molar-refractivity contribution in [1.29, 1.82) is 0 Å². The van der Waals surface area contributed by atoms with E-state index in [0.717, 1.165) is 38.8 Å². The van der Waals surface area contributed by atoms with E-state index >= 15 is 0 Å². The molecule has 0 saturated carbocycles. The Bertz CT molecular complexity index is 512. The molecule has 7 nitrogen and oxygen atoms in total. The summed E-state index contributed by atoms with van der Waals surface area (Å²) in [5.74, 6) is -0.0445. The normalized spacial score (nSPS) is 28.8. The Morgan fingerprint density at radius 1 is 1.00 bits per heavy atom. The van der Waals surface area contributed by atoms with Crippen molar-refractivity contribution in [3.05, 3.63) is 0 Å². The predicted molar refractivity (Wildman–Crippen MR) is 81.4 cm³/mol. The summed E-state index contributed by atoms with van der Waals surface area (Å²) in [6.07, 6.45) is 3.67. The highest BCUT2D eigenvalue weighted by molar-refractivity contribution is 7.86. The zero-order valence-electron chi connectivity index (χ0n) is 13.1. The van der Waals surface area contributed by atoms with Crippen molar-refractivity contribution in [2.45, 2.75) is 31.8 Å². The number of piperidine rings is 1. The number of likely N-dealkylation sites (tertiary alicyclic amines) is 1. The lowest BCUT2D eigenvalue weighted by Gasteiger charge is -2.42. The molecule has 0 aromatic heterocycles. The molecule has 126 valence electrons. The van der Waals surface area contributed by atoms with Gasteiger partial charge in [-0.3, -0.25) is 4.79 Å². The standard InChI is InChI=1S/C14H25N3O4S/c1-21-13-10-17(11-13)22(19,20)16-8-4-5-12(9-16)14(18)15-6-2-3-7-15/h12-13H,2-11H2,1H3/t12-/m0/s1. The second-order valence-electron chi connectivity index (χ2n) is 6.41. The average Bonchev–Trinajstić information content (AvgIpc) is 2.99. The largest absolute Gasteiger partial charge is 0.379 e. The molecule has 3 rings (SSSR count). The van der Waals surface area contributed by atoms with Crippen molar-refractivity contribution in [2.24, 2.45) is 5.92 Å². The smallest absolute Gasteiger partial charge is 0.282 e. The van der Waals surface area contributed by atoms with Gasteiger partial charge in [-0.15, -0.1) is 0 Å². The first-order valence-corrected chi connectivity index (χ1v) is 9.49. The second-order valence-corrected chi connectivity index (χ2v) is 8.34. The second kappa shape index (κ2) is 6.43. The summed E-state index contributed by atoms with van der Waals surface area (Å²) in [7, 11) is -1.84. The summed E-state index contributed by atoms with van der Waals surface area (Å²) in [6, 6.07) is 0. The monoisotopic (exact) mass is 331 g/mol. The number of methoxy groups -OCH3 is 1. The van der Waals surface area contributed by atoms with E-state index in [9.17, 15) is 13.2 Å². The number of rotatable bonds is 4. The Balaban J connectivity index is 1.61. The van der Waals surface area contributed by atoms with Crippen molar-refractivity contribution in [2.75, 3.05) is 46.4 Å². The highest BCUT2D eigenvalue weighted by atomic mass is 32.2. The zero-order valence-corrected chi connectivity index (χ0v) is 13.9. The fraction of sp³-hybridized carbons (Fsp3) is 0.929. The zero-order chi connectivity index (χ0) is 15.7. The Labute approximate surface area is 132 Å². The lowest BCUT2D eigenvalue weighted by atomic mass is 9.98. The molecule has 3 fully saturated rings. The summed E-state index contributed by atoms with van der Waals surface area (Å²) in [5.41, 5.74) is 0. The summed E-state index contributed by atoms with van der Waals surface area (Å²) in [4.78, 5) is 14.4. The molecule has 0 bridgehead atoms. The highest BCUT2D eigenvalue weighted by Gasteiger charge is 2.42. The third kappa shape index (κ3) is 3.02. The number of ether oxygens (including phenoxy) is 1. The van der Waals surface area contributed by atoms with Crippen LogP contribution in [0.4, 0.5) is 0 Å². The molecule has 3 heterocycles. The first kappa shape index (κ1) is 16.2. The van der Waals surface area contributed by atoms with Crippen LogP contribution in [0.1, 0.15) is 25.7 Å². The topological polar surface area (TPSA) is 70.2 Å². The van der Waals surface area contributed by atoms with E-state index in [1.54, 1.807) is 7.11 Å². The highest BCUT2D eigenvalue weighted by Crippen LogP contribution is 2.26. The van der Waals surface area contributed by atoms with Crippen LogP contribution in [0, 0.1) is 5.92 Å². The molecule has 0 aromatic carbocycles. The fourth-order valence-electron chi connectivity index (χ4n) is 3.45. The van der Waals surface area contributed by atoms with Crippen LogP contribution in [-0.4, -0.2) is 80.3 Å². The molecule has 1 atom stereocenters. The van der Waals surface area contributed by atoms with Crippen LogP contribution in [0.5, 0.6) is 0 Å². The van der Waals surface area contributed by atoms with E-state index in [4.69, 9.17) is 4.74 Å². The van der Waals surface area contributed by atoms with E-state index in [1.165, 1.54) is 8.61 Å². The van der Waals surface area contributed by atoms with Crippen LogP contribution in [0.15, 0.2) is 0 Å². The van der Waals surface area contributed by atoms with Gasteiger partial charge in [-0.25, -0.2) is 0 Å². The summed E-state index contributed by atoms with van der Waals surface area (Å²) in [5, 5.41) is 0. The van der Waals surface area contributed by atoms with Crippen LogP contribution in [0.2, 0.25) is 0 Å². The van der Waals surface area contributed by atoms with E-state index < -0.39 is 10.2 Å². The number of nitrogens with zero attached hydrogens (tertiary/aromatic N) is 3. The molecule has 0 aliphatic carbocycles. The maximum Gasteiger partial charge on any atom is 0.282 e. The Kier molecular flexibility index (Phi) is 4.72. The van der Waals surface area contributed by atoms with Crippen LogP contribution in [0.25, 0.3) is 0 Å². The van der Waals surface area contributed by atoms with Crippen LogP contribution in [-0.2, 0) is 19.7 Å². The molecule has 0 N–H and O–H groups in total. The van der Waals surface area contributed by atoms with E-state index in [-0.39, 0.29) is 17.9 Å². The lowest BCUT2D eigenvalue weighted by molar-refractivity contribution is -0.135. The van der Waals surface area contributed by atoms with Crippen molar-refractivity contribution < 1.29 is 17.9 Å². The summed E-state index contributed by atoms with van der Waals surface area (Å²) >= 11 is 0. The minimum Gasteiger partial charge on any atom is -0.379 e. The van der Waals surface area contributed by atoms with Gasteiger partial charge in [0.25, 0.3) is 10.2 Å². The number of amides is 1. The van der Waals surface area contributed by atoms with Crippen LogP contribution < -0.4 is 0 Å². The molecule has 22 heavy (non-hydrogen) atoms. The molecular formula is C14H25N3O4S. The van der Waals surface area contributed by atoms with E-state index in [0.29, 0.717) is 26.2 Å². The molecule has 0 aromatic rings. The lowest BCUT2D eigenvalue weighted by Crippen LogP contribution is -2.60. The van der Waals surface area contributed by atoms with Crippen molar-refractivity contribution >= 4 is 16.1 Å². The molecular weight excluding hydrogens is 306 g/mol. The molecule has 3 aliphatic heterocycles. The number of hydrogen-bond donors (Lipinski definition) is 0. The van der Waals surface area contributed by atoms with E-state index in [2.05, 4.69) is 0 Å². The van der Waals surface area contributed by atoms with Gasteiger partial charge in [0, 0.05) is 46.4 Å². The molecule has 3 aliphatic rings. The van der Waals surface area contributed by atoms with Gasteiger partial charge in [0.15, 0.2) is 0 Å². The minimum absolute atomic E-state index is 0.00148. The predicted octanol–water partition coefficient (Wildman–Crippen LogP) is -0.104. The Hall–Kier alpha value is -0.700. The van der Waals surface area contributed by atoms with Crippen LogP contribution >= 0.6 is 0 Å². The van der Waals surface area contributed by atoms with Crippen molar-refractivity contribution in [3.63, 3.8) is 0 Å². The average molecular weight is 331 g/mol. The third-order valence-corrected chi connectivity index (χ3v) is 6.89. The van der Waals surface area contributed by atoms with Crippen molar-refractivity contribution in [3.8, 4) is 0 Å². The molecule has 1 amide bonds. The third-order valence-electron chi connectivity index (χ3n) is 4.95. The van der Waals surface area contributed by atoms with Gasteiger partial charge < -0.3 is 9.64 Å². The van der Waals surface area contributed by atoms with Crippen LogP contribution in [0.3, 0.4) is 0 Å². The van der Waals surface area contributed by atoms with Gasteiger partial charge in [-0.05, 0) is 25.7 Å². The first-order valence-electron chi connectivity index (χ1n) is 8.09. The van der Waals surface area contributed by atoms with Gasteiger partial charge >= 0.3 is 0 Å². The SMILES string of the molecule is COC1CN(S(=O)(=O)N2CCC[C@H](C(=O)N3CCCC3)C2)C1. The Morgan fingerprint density at radius 2 is 1.68 bits per heavy atom. The van der Waals surface area contributed by atoms with Gasteiger partial charge in [-0.2, -0.15) is 17.0 Å². The quantitative estimate of drug-likeness (QED) is 0.721. The fourth-order valence-corrected chi connectivity index (χ4v) is 5.21. The maximum absolute atomic E-state index is 12.6. The molecule has 0 unspecified atom stereocenters. The Morgan fingerprint density at radius 3 is 2.32 bits per heavy atom. The molecule has 0 radical (unpaired) electrons. The number of hydrogen-bond acceptors (Lipinski definition) is 4. The van der Waals surface area contributed by atoms with Gasteiger partial charge in [0.05, 0.1) is 12.0 Å². The summed E-state index contributed by atoms with van der Waals surface area (Å²) in [6.45, 7) is 3.32. The van der Waals surface area contributed by atoms with Crippen molar-refractivity contribution in [1.82, 2.24) is 13.5 Å². The maximum atomic E-state index is 12.6. The molecule has 8 heteroatoms. The summed E-state index contributed by atoms with van der Waals surface area (Å²) < 4.78 is 33.3. The molecule has 3 saturated heterocycles. The first-order chi connectivity index (χ1) is 10.5. The van der Waals surface area contributed by atoms with Gasteiger partial charge in [-0.1, -0.05) is 0 Å². The van der Waals surface area contributed by atoms with Gasteiger partial charge in [0.2, 0.25) is 5.91 Å².